The molecule has 2 aromatic rings. The number of ether oxygens (including phenoxy) is 1. The molecule has 0 radical (unpaired) electrons. The molecule has 176 valence electrons. The van der Waals surface area contributed by atoms with Crippen LogP contribution in [0.5, 0.6) is 0 Å². The number of hydrogen-bond acceptors (Lipinski definition) is 5. The third kappa shape index (κ3) is 4.35. The number of nitrogens with zero attached hydrogens (tertiary/aromatic N) is 2. The first-order valence-electron chi connectivity index (χ1n) is 11.5. The normalized spacial score (nSPS) is 21.7. The standard InChI is InChI=1S/C24H29BrN4O4/c1-14-20(11-16-22-17(25)3-2-4-18(22)27-23(16)31)26-19-5-6-29(24(32)21(14)19)13-15(30)12-28-7-9-33-10-8-28/h2-4,15-16,26,30H,5-13H2,1H3,(H,27,31). The number of rotatable bonds is 6. The number of amides is 2. The number of anilines is 1. The molecule has 1 aromatic carbocycles. The number of hydrogen-bond donors (Lipinski definition) is 3. The van der Waals surface area contributed by atoms with Gasteiger partial charge in [0, 0.05) is 72.7 Å². The fraction of sp³-hybridized carbons (Fsp3) is 0.500. The molecule has 3 aliphatic rings. The average molecular weight is 517 g/mol. The Bertz CT molecular complexity index is 1080. The number of halogens is 1. The lowest BCUT2D eigenvalue weighted by atomic mass is 9.93. The minimum Gasteiger partial charge on any atom is -0.390 e. The van der Waals surface area contributed by atoms with Crippen LogP contribution in [0.2, 0.25) is 0 Å². The van der Waals surface area contributed by atoms with Gasteiger partial charge in [0.2, 0.25) is 5.91 Å². The topological polar surface area (TPSA) is 97.9 Å². The van der Waals surface area contributed by atoms with Gasteiger partial charge in [0.1, 0.15) is 0 Å². The van der Waals surface area contributed by atoms with Crippen molar-refractivity contribution >= 4 is 33.4 Å². The number of aromatic nitrogens is 1. The zero-order chi connectivity index (χ0) is 23.1. The fourth-order valence-corrected chi connectivity index (χ4v) is 5.86. The molecule has 4 heterocycles. The van der Waals surface area contributed by atoms with Crippen LogP contribution in [-0.4, -0.2) is 83.7 Å². The van der Waals surface area contributed by atoms with Crippen molar-refractivity contribution in [1.82, 2.24) is 14.8 Å². The van der Waals surface area contributed by atoms with E-state index in [0.29, 0.717) is 51.3 Å². The Morgan fingerprint density at radius 3 is 2.79 bits per heavy atom. The maximum Gasteiger partial charge on any atom is 0.256 e. The Balaban J connectivity index is 1.30. The van der Waals surface area contributed by atoms with Gasteiger partial charge in [-0.25, -0.2) is 0 Å². The summed E-state index contributed by atoms with van der Waals surface area (Å²) in [6.45, 7) is 6.37. The van der Waals surface area contributed by atoms with Crippen LogP contribution in [0.3, 0.4) is 0 Å². The van der Waals surface area contributed by atoms with Gasteiger partial charge in [-0.1, -0.05) is 22.0 Å². The summed E-state index contributed by atoms with van der Waals surface area (Å²) in [5.41, 5.74) is 5.25. The molecule has 8 nitrogen and oxygen atoms in total. The van der Waals surface area contributed by atoms with Crippen molar-refractivity contribution in [3.8, 4) is 0 Å². The highest BCUT2D eigenvalue weighted by atomic mass is 79.9. The number of carbonyl (C=O) groups is 2. The van der Waals surface area contributed by atoms with Gasteiger partial charge in [0.25, 0.3) is 5.91 Å². The third-order valence-electron chi connectivity index (χ3n) is 6.95. The van der Waals surface area contributed by atoms with Gasteiger partial charge in [-0.15, -0.1) is 0 Å². The van der Waals surface area contributed by atoms with E-state index in [0.717, 1.165) is 45.8 Å². The lowest BCUT2D eigenvalue weighted by Gasteiger charge is -2.32. The van der Waals surface area contributed by atoms with Crippen LogP contribution in [0.1, 0.15) is 38.8 Å². The van der Waals surface area contributed by atoms with E-state index in [1.54, 1.807) is 4.90 Å². The molecule has 2 amide bonds. The van der Waals surface area contributed by atoms with E-state index in [9.17, 15) is 14.7 Å². The number of benzene rings is 1. The number of aliphatic hydroxyl groups is 1. The van der Waals surface area contributed by atoms with E-state index in [1.165, 1.54) is 0 Å². The molecular weight excluding hydrogens is 488 g/mol. The second kappa shape index (κ2) is 9.21. The second-order valence-electron chi connectivity index (χ2n) is 9.10. The molecule has 0 spiro atoms. The summed E-state index contributed by atoms with van der Waals surface area (Å²) in [5.74, 6) is -0.381. The molecule has 9 heteroatoms. The second-order valence-corrected chi connectivity index (χ2v) is 9.95. The summed E-state index contributed by atoms with van der Waals surface area (Å²) in [6.07, 6.45) is 0.625. The fourth-order valence-electron chi connectivity index (χ4n) is 5.22. The summed E-state index contributed by atoms with van der Waals surface area (Å²) in [7, 11) is 0. The van der Waals surface area contributed by atoms with E-state index in [4.69, 9.17) is 4.74 Å². The predicted octanol–water partition coefficient (Wildman–Crippen LogP) is 2.06. The number of H-pyrrole nitrogens is 1. The Morgan fingerprint density at radius 1 is 1.21 bits per heavy atom. The molecule has 1 fully saturated rings. The number of nitrogens with one attached hydrogen (secondary N) is 2. The van der Waals surface area contributed by atoms with Crippen LogP contribution in [-0.2, 0) is 22.4 Å². The maximum absolute atomic E-state index is 13.3. The average Bonchev–Trinajstić information content (AvgIpc) is 3.28. The third-order valence-corrected chi connectivity index (χ3v) is 7.64. The number of aliphatic hydroxyl groups excluding tert-OH is 1. The highest BCUT2D eigenvalue weighted by Gasteiger charge is 2.36. The van der Waals surface area contributed by atoms with Gasteiger partial charge in [0.05, 0.1) is 30.8 Å². The Morgan fingerprint density at radius 2 is 2.00 bits per heavy atom. The monoisotopic (exact) mass is 516 g/mol. The summed E-state index contributed by atoms with van der Waals surface area (Å²) >= 11 is 3.58. The molecular formula is C24H29BrN4O4. The molecule has 2 atom stereocenters. The summed E-state index contributed by atoms with van der Waals surface area (Å²) in [5, 5.41) is 13.6. The van der Waals surface area contributed by atoms with Gasteiger partial charge in [-0.2, -0.15) is 0 Å². The van der Waals surface area contributed by atoms with E-state index in [2.05, 4.69) is 31.1 Å². The smallest absolute Gasteiger partial charge is 0.256 e. The molecule has 1 aromatic heterocycles. The van der Waals surface area contributed by atoms with Crippen LogP contribution in [0, 0.1) is 6.92 Å². The van der Waals surface area contributed by atoms with E-state index in [1.807, 2.05) is 25.1 Å². The molecule has 2 unspecified atom stereocenters. The van der Waals surface area contributed by atoms with Crippen molar-refractivity contribution in [3.05, 3.63) is 50.8 Å². The van der Waals surface area contributed by atoms with Crippen LogP contribution < -0.4 is 5.32 Å². The van der Waals surface area contributed by atoms with Crippen molar-refractivity contribution < 1.29 is 19.4 Å². The van der Waals surface area contributed by atoms with Crippen molar-refractivity contribution in [2.45, 2.75) is 31.8 Å². The number of fused-ring (bicyclic) bond motifs is 2. The lowest BCUT2D eigenvalue weighted by molar-refractivity contribution is -0.117. The first kappa shape index (κ1) is 22.6. The van der Waals surface area contributed by atoms with E-state index in [-0.39, 0.29) is 17.7 Å². The summed E-state index contributed by atoms with van der Waals surface area (Å²) in [6, 6.07) is 5.77. The highest BCUT2D eigenvalue weighted by Crippen LogP contribution is 2.40. The molecule has 0 saturated carbocycles. The molecule has 0 bridgehead atoms. The lowest BCUT2D eigenvalue weighted by Crippen LogP contribution is -2.47. The molecule has 33 heavy (non-hydrogen) atoms. The van der Waals surface area contributed by atoms with Crippen LogP contribution in [0.4, 0.5) is 5.69 Å². The van der Waals surface area contributed by atoms with Gasteiger partial charge in [-0.3, -0.25) is 14.5 Å². The summed E-state index contributed by atoms with van der Waals surface area (Å²) in [4.78, 5) is 33.4. The first-order chi connectivity index (χ1) is 15.9. The molecule has 1 saturated heterocycles. The number of morpholine rings is 1. The molecule has 3 aliphatic heterocycles. The van der Waals surface area contributed by atoms with E-state index >= 15 is 0 Å². The predicted molar refractivity (Wildman–Crippen MR) is 128 cm³/mol. The maximum atomic E-state index is 13.3. The summed E-state index contributed by atoms with van der Waals surface area (Å²) < 4.78 is 6.27. The highest BCUT2D eigenvalue weighted by molar-refractivity contribution is 9.10. The minimum atomic E-state index is -0.594. The molecule has 3 N–H and O–H groups in total. The van der Waals surface area contributed by atoms with Gasteiger partial charge in [-0.05, 0) is 24.6 Å². The van der Waals surface area contributed by atoms with Crippen molar-refractivity contribution in [2.75, 3.05) is 51.3 Å². The minimum absolute atomic E-state index is 0.0249. The Labute approximate surface area is 201 Å². The molecule has 5 rings (SSSR count). The zero-order valence-corrected chi connectivity index (χ0v) is 20.3. The zero-order valence-electron chi connectivity index (χ0n) is 18.7. The largest absolute Gasteiger partial charge is 0.390 e. The SMILES string of the molecule is Cc1c(CC2C(=O)Nc3cccc(Br)c32)[nH]c2c1C(=O)N(CC(O)CN1CCOCC1)CC2. The Hall–Kier alpha value is -2.20. The van der Waals surface area contributed by atoms with Gasteiger partial charge in [0.15, 0.2) is 0 Å². The van der Waals surface area contributed by atoms with Crippen LogP contribution >= 0.6 is 15.9 Å². The van der Waals surface area contributed by atoms with Crippen LogP contribution in [0.25, 0.3) is 0 Å². The van der Waals surface area contributed by atoms with Crippen molar-refractivity contribution in [2.24, 2.45) is 0 Å². The van der Waals surface area contributed by atoms with E-state index < -0.39 is 6.10 Å². The Kier molecular flexibility index (Phi) is 6.30. The van der Waals surface area contributed by atoms with Crippen molar-refractivity contribution in [1.29, 1.82) is 0 Å². The van der Waals surface area contributed by atoms with Crippen LogP contribution in [0.15, 0.2) is 22.7 Å². The van der Waals surface area contributed by atoms with Crippen molar-refractivity contribution in [3.63, 3.8) is 0 Å². The first-order valence-corrected chi connectivity index (χ1v) is 12.3. The number of β-amino-alcohol motifs (C(OH)–C–C–N with tert-alkyl or cyclic N) is 1. The molecule has 0 aliphatic carbocycles. The number of aromatic amines is 1. The quantitative estimate of drug-likeness (QED) is 0.545. The number of carbonyl (C=O) groups excluding carboxylic acids is 2. The van der Waals surface area contributed by atoms with Gasteiger partial charge < -0.3 is 25.0 Å². The van der Waals surface area contributed by atoms with Gasteiger partial charge >= 0.3 is 0 Å².